The molecule has 24 heavy (non-hydrogen) atoms. The summed E-state index contributed by atoms with van der Waals surface area (Å²) in [6.07, 6.45) is 0.788. The summed E-state index contributed by atoms with van der Waals surface area (Å²) in [7, 11) is 1.80. The summed E-state index contributed by atoms with van der Waals surface area (Å²) in [6, 6.07) is 5.36. The van der Waals surface area contributed by atoms with Gasteiger partial charge in [0.25, 0.3) is 0 Å². The molecule has 0 atom stereocenters. The lowest BCUT2D eigenvalue weighted by Gasteiger charge is -2.19. The number of hydrogen-bond donors (Lipinski definition) is 1. The van der Waals surface area contributed by atoms with Gasteiger partial charge in [0.2, 0.25) is 0 Å². The van der Waals surface area contributed by atoms with Gasteiger partial charge in [0.15, 0.2) is 0 Å². The molecule has 0 spiro atoms. The molecule has 1 aromatic carbocycles. The summed E-state index contributed by atoms with van der Waals surface area (Å²) in [5, 5.41) is 8.08. The van der Waals surface area contributed by atoms with Crippen molar-refractivity contribution in [1.29, 1.82) is 0 Å². The number of anilines is 1. The maximum absolute atomic E-state index is 12.4. The van der Waals surface area contributed by atoms with Crippen LogP contribution in [0.5, 0.6) is 0 Å². The van der Waals surface area contributed by atoms with E-state index in [1.54, 1.807) is 11.9 Å². The van der Waals surface area contributed by atoms with E-state index in [1.165, 1.54) is 11.3 Å². The summed E-state index contributed by atoms with van der Waals surface area (Å²) in [5.74, 6) is 0. The summed E-state index contributed by atoms with van der Waals surface area (Å²) in [4.78, 5) is 14.1. The molecule has 0 aliphatic heterocycles. The van der Waals surface area contributed by atoms with E-state index >= 15 is 0 Å². The van der Waals surface area contributed by atoms with Crippen LogP contribution < -0.4 is 5.32 Å². The van der Waals surface area contributed by atoms with Gasteiger partial charge in [0.1, 0.15) is 0 Å². The molecule has 5 nitrogen and oxygen atoms in total. The molecular formula is C18H25ClN4O. The minimum Gasteiger partial charge on any atom is -0.327 e. The monoisotopic (exact) mass is 348 g/mol. The van der Waals surface area contributed by atoms with E-state index in [9.17, 15) is 4.79 Å². The molecule has 1 heterocycles. The van der Waals surface area contributed by atoms with Crippen LogP contribution >= 0.6 is 11.6 Å². The van der Waals surface area contributed by atoms with Gasteiger partial charge in [-0.05, 0) is 57.4 Å². The predicted octanol–water partition coefficient (Wildman–Crippen LogP) is 4.19. The summed E-state index contributed by atoms with van der Waals surface area (Å²) in [5.41, 5.74) is 5.04. The van der Waals surface area contributed by atoms with E-state index in [0.717, 1.165) is 29.9 Å². The van der Waals surface area contributed by atoms with E-state index in [-0.39, 0.29) is 6.03 Å². The van der Waals surface area contributed by atoms with Crippen molar-refractivity contribution in [2.75, 3.05) is 18.9 Å². The predicted molar refractivity (Wildman–Crippen MR) is 98.9 cm³/mol. The van der Waals surface area contributed by atoms with E-state index in [2.05, 4.69) is 24.3 Å². The third-order valence-electron chi connectivity index (χ3n) is 4.38. The fourth-order valence-corrected chi connectivity index (χ4v) is 2.91. The highest BCUT2D eigenvalue weighted by atomic mass is 35.5. The van der Waals surface area contributed by atoms with Gasteiger partial charge in [0, 0.05) is 36.5 Å². The molecule has 0 saturated heterocycles. The van der Waals surface area contributed by atoms with Crippen molar-refractivity contribution < 1.29 is 4.79 Å². The molecule has 6 heteroatoms. The first kappa shape index (κ1) is 18.3. The second-order valence-corrected chi connectivity index (χ2v) is 6.39. The number of urea groups is 1. The Balaban J connectivity index is 2.00. The molecule has 0 unspecified atom stereocenters. The Morgan fingerprint density at radius 3 is 2.67 bits per heavy atom. The van der Waals surface area contributed by atoms with E-state index in [4.69, 9.17) is 11.6 Å². The van der Waals surface area contributed by atoms with E-state index in [0.29, 0.717) is 11.6 Å². The smallest absolute Gasteiger partial charge is 0.321 e. The number of halogens is 1. The van der Waals surface area contributed by atoms with Gasteiger partial charge in [-0.15, -0.1) is 0 Å². The zero-order chi connectivity index (χ0) is 17.9. The van der Waals surface area contributed by atoms with Gasteiger partial charge in [-0.3, -0.25) is 4.68 Å². The van der Waals surface area contributed by atoms with E-state index in [1.807, 2.05) is 36.7 Å². The first-order valence-corrected chi connectivity index (χ1v) is 8.53. The van der Waals surface area contributed by atoms with Gasteiger partial charge < -0.3 is 10.2 Å². The second-order valence-electron chi connectivity index (χ2n) is 5.98. The average Bonchev–Trinajstić information content (AvgIpc) is 2.83. The Labute approximate surface area is 148 Å². The van der Waals surface area contributed by atoms with E-state index < -0.39 is 0 Å². The van der Waals surface area contributed by atoms with Crippen molar-refractivity contribution in [1.82, 2.24) is 14.7 Å². The number of carbonyl (C=O) groups is 1. The Bertz CT molecular complexity index is 739. The Kier molecular flexibility index (Phi) is 5.89. The largest absolute Gasteiger partial charge is 0.327 e. The number of aryl methyl sites for hydroxylation is 2. The minimum atomic E-state index is -0.140. The first-order chi connectivity index (χ1) is 11.3. The quantitative estimate of drug-likeness (QED) is 0.880. The van der Waals surface area contributed by atoms with Gasteiger partial charge in [-0.2, -0.15) is 5.10 Å². The van der Waals surface area contributed by atoms with Crippen molar-refractivity contribution in [3.63, 3.8) is 0 Å². The molecule has 2 aromatic rings. The zero-order valence-corrected chi connectivity index (χ0v) is 15.7. The maximum atomic E-state index is 12.4. The van der Waals surface area contributed by atoms with Crippen LogP contribution in [0.3, 0.4) is 0 Å². The molecule has 0 aliphatic rings. The van der Waals surface area contributed by atoms with Gasteiger partial charge in [-0.1, -0.05) is 17.7 Å². The Morgan fingerprint density at radius 2 is 2.04 bits per heavy atom. The van der Waals surface area contributed by atoms with Crippen molar-refractivity contribution in [3.05, 3.63) is 45.7 Å². The average molecular weight is 349 g/mol. The molecular weight excluding hydrogens is 324 g/mol. The zero-order valence-electron chi connectivity index (χ0n) is 15.0. The molecule has 0 aliphatic carbocycles. The Hall–Kier alpha value is -2.01. The van der Waals surface area contributed by atoms with Crippen LogP contribution in [0.4, 0.5) is 10.5 Å². The summed E-state index contributed by atoms with van der Waals surface area (Å²) in [6.45, 7) is 9.55. The van der Waals surface area contributed by atoms with Gasteiger partial charge >= 0.3 is 6.03 Å². The molecule has 0 radical (unpaired) electrons. The molecule has 0 saturated carbocycles. The number of amides is 2. The SMILES string of the molecule is CCn1nc(C)c(CCN(C)C(=O)Nc2cccc(Cl)c2C)c1C. The number of hydrogen-bond acceptors (Lipinski definition) is 2. The fourth-order valence-electron chi connectivity index (χ4n) is 2.74. The first-order valence-electron chi connectivity index (χ1n) is 8.15. The van der Waals surface area contributed by atoms with Crippen LogP contribution in [0.15, 0.2) is 18.2 Å². The lowest BCUT2D eigenvalue weighted by Crippen LogP contribution is -2.33. The number of nitrogens with zero attached hydrogens (tertiary/aromatic N) is 3. The molecule has 1 N–H and O–H groups in total. The van der Waals surface area contributed by atoms with Crippen LogP contribution in [0.2, 0.25) is 5.02 Å². The molecule has 2 amide bonds. The third-order valence-corrected chi connectivity index (χ3v) is 4.79. The lowest BCUT2D eigenvalue weighted by molar-refractivity contribution is 0.223. The topological polar surface area (TPSA) is 50.2 Å². The highest BCUT2D eigenvalue weighted by Gasteiger charge is 2.14. The van der Waals surface area contributed by atoms with Crippen molar-refractivity contribution in [2.45, 2.75) is 40.7 Å². The lowest BCUT2D eigenvalue weighted by atomic mass is 10.1. The van der Waals surface area contributed by atoms with Crippen LogP contribution in [-0.4, -0.2) is 34.3 Å². The number of carbonyl (C=O) groups excluding carboxylic acids is 1. The fraction of sp³-hybridized carbons (Fsp3) is 0.444. The maximum Gasteiger partial charge on any atom is 0.321 e. The molecule has 2 rings (SSSR count). The minimum absolute atomic E-state index is 0.140. The summed E-state index contributed by atoms with van der Waals surface area (Å²) < 4.78 is 2.00. The highest BCUT2D eigenvalue weighted by molar-refractivity contribution is 6.31. The van der Waals surface area contributed by atoms with Crippen LogP contribution in [0.1, 0.15) is 29.4 Å². The number of aromatic nitrogens is 2. The normalized spacial score (nSPS) is 10.8. The van der Waals surface area contributed by atoms with Crippen LogP contribution in [-0.2, 0) is 13.0 Å². The van der Waals surface area contributed by atoms with Gasteiger partial charge in [0.05, 0.1) is 5.69 Å². The second kappa shape index (κ2) is 7.71. The van der Waals surface area contributed by atoms with Gasteiger partial charge in [-0.25, -0.2) is 4.79 Å². The third kappa shape index (κ3) is 3.90. The standard InChI is InChI=1S/C18H25ClN4O/c1-6-23-14(4)15(13(3)21-23)10-11-22(5)18(24)20-17-9-7-8-16(19)12(17)2/h7-9H,6,10-11H2,1-5H3,(H,20,24). The molecule has 0 fully saturated rings. The highest BCUT2D eigenvalue weighted by Crippen LogP contribution is 2.23. The molecule has 130 valence electrons. The van der Waals surface area contributed by atoms with Crippen molar-refractivity contribution >= 4 is 23.3 Å². The number of nitrogens with one attached hydrogen (secondary N) is 1. The van der Waals surface area contributed by atoms with Crippen LogP contribution in [0.25, 0.3) is 0 Å². The Morgan fingerprint density at radius 1 is 1.33 bits per heavy atom. The number of likely N-dealkylation sites (N-methyl/N-ethyl adjacent to an activating group) is 1. The van der Waals surface area contributed by atoms with Crippen LogP contribution in [0, 0.1) is 20.8 Å². The summed E-state index contributed by atoms with van der Waals surface area (Å²) >= 11 is 6.09. The molecule has 0 bridgehead atoms. The van der Waals surface area contributed by atoms with Crippen molar-refractivity contribution in [2.24, 2.45) is 0 Å². The number of benzene rings is 1. The van der Waals surface area contributed by atoms with Crippen molar-refractivity contribution in [3.8, 4) is 0 Å². The number of rotatable bonds is 5. The molecule has 1 aromatic heterocycles.